The van der Waals surface area contributed by atoms with E-state index < -0.39 is 5.97 Å². The SMILES string of the molecule is Cc1c(C(=O)OCCOc2ccc(F)cc2)sc2nc3n(c(=O)c12)CCCCC3. The van der Waals surface area contributed by atoms with Crippen molar-refractivity contribution in [2.75, 3.05) is 13.2 Å². The third kappa shape index (κ3) is 4.03. The van der Waals surface area contributed by atoms with Gasteiger partial charge in [0, 0.05) is 13.0 Å². The van der Waals surface area contributed by atoms with Gasteiger partial charge in [0.2, 0.25) is 0 Å². The Kier molecular flexibility index (Phi) is 5.62. The standard InChI is InChI=1S/C21H21FN2O4S/c1-13-17-19(23-16-5-3-2-4-10-24(16)20(17)25)29-18(13)21(26)28-12-11-27-15-8-6-14(22)7-9-15/h6-9H,2-5,10-12H2,1H3. The van der Waals surface area contributed by atoms with Crippen molar-refractivity contribution in [1.29, 1.82) is 0 Å². The second kappa shape index (κ2) is 8.32. The van der Waals surface area contributed by atoms with E-state index in [1.54, 1.807) is 11.5 Å². The summed E-state index contributed by atoms with van der Waals surface area (Å²) in [6.07, 6.45) is 3.85. The van der Waals surface area contributed by atoms with Crippen LogP contribution in [-0.4, -0.2) is 28.7 Å². The number of rotatable bonds is 5. The number of halogens is 1. The van der Waals surface area contributed by atoms with Crippen molar-refractivity contribution in [2.45, 2.75) is 39.2 Å². The molecular weight excluding hydrogens is 395 g/mol. The smallest absolute Gasteiger partial charge is 0.348 e. The van der Waals surface area contributed by atoms with Crippen molar-refractivity contribution >= 4 is 27.5 Å². The number of hydrogen-bond donors (Lipinski definition) is 0. The molecule has 0 bridgehead atoms. The summed E-state index contributed by atoms with van der Waals surface area (Å²) in [5.74, 6) is 0.465. The molecule has 0 amide bonds. The normalized spacial score (nSPS) is 13.7. The Morgan fingerprint density at radius 1 is 1.21 bits per heavy atom. The van der Waals surface area contributed by atoms with Crippen LogP contribution in [0.4, 0.5) is 4.39 Å². The summed E-state index contributed by atoms with van der Waals surface area (Å²) in [7, 11) is 0. The zero-order chi connectivity index (χ0) is 20.4. The second-order valence-corrected chi connectivity index (χ2v) is 7.97. The van der Waals surface area contributed by atoms with E-state index in [1.807, 2.05) is 0 Å². The number of fused-ring (bicyclic) bond motifs is 2. The van der Waals surface area contributed by atoms with Crippen molar-refractivity contribution in [3.05, 3.63) is 56.7 Å². The molecule has 0 atom stereocenters. The first kappa shape index (κ1) is 19.6. The Morgan fingerprint density at radius 2 is 2.00 bits per heavy atom. The fourth-order valence-electron chi connectivity index (χ4n) is 3.49. The number of ether oxygens (including phenoxy) is 2. The molecule has 0 aliphatic carbocycles. The molecule has 0 radical (unpaired) electrons. The van der Waals surface area contributed by atoms with Gasteiger partial charge in [0.05, 0.1) is 5.39 Å². The van der Waals surface area contributed by atoms with Crippen LogP contribution in [0.5, 0.6) is 5.75 Å². The van der Waals surface area contributed by atoms with Crippen LogP contribution in [0, 0.1) is 12.7 Å². The topological polar surface area (TPSA) is 70.4 Å². The van der Waals surface area contributed by atoms with Crippen molar-refractivity contribution in [3.8, 4) is 5.75 Å². The predicted octanol–water partition coefficient (Wildman–Crippen LogP) is 3.87. The molecule has 4 rings (SSSR count). The van der Waals surface area contributed by atoms with Crippen LogP contribution >= 0.6 is 11.3 Å². The van der Waals surface area contributed by atoms with E-state index in [0.717, 1.165) is 31.5 Å². The van der Waals surface area contributed by atoms with E-state index in [-0.39, 0.29) is 24.6 Å². The molecule has 0 unspecified atom stereocenters. The molecule has 0 saturated carbocycles. The monoisotopic (exact) mass is 416 g/mol. The molecule has 152 valence electrons. The number of aromatic nitrogens is 2. The fraction of sp³-hybridized carbons (Fsp3) is 0.381. The molecule has 3 heterocycles. The first-order valence-corrected chi connectivity index (χ1v) is 10.4. The summed E-state index contributed by atoms with van der Waals surface area (Å²) in [6, 6.07) is 5.62. The van der Waals surface area contributed by atoms with Crippen LogP contribution in [-0.2, 0) is 17.7 Å². The lowest BCUT2D eigenvalue weighted by Gasteiger charge is -2.08. The largest absolute Gasteiger partial charge is 0.490 e. The Balaban J connectivity index is 1.47. The molecule has 29 heavy (non-hydrogen) atoms. The molecule has 6 nitrogen and oxygen atoms in total. The Hall–Kier alpha value is -2.74. The third-order valence-electron chi connectivity index (χ3n) is 5.00. The summed E-state index contributed by atoms with van der Waals surface area (Å²) in [5.41, 5.74) is 0.547. The van der Waals surface area contributed by atoms with Crippen molar-refractivity contribution < 1.29 is 18.7 Å². The maximum absolute atomic E-state index is 13.0. The molecule has 1 aliphatic heterocycles. The summed E-state index contributed by atoms with van der Waals surface area (Å²) in [4.78, 5) is 31.1. The highest BCUT2D eigenvalue weighted by Gasteiger charge is 2.23. The number of esters is 1. The third-order valence-corrected chi connectivity index (χ3v) is 6.16. The number of aryl methyl sites for hydroxylation is 2. The van der Waals surface area contributed by atoms with Crippen LogP contribution in [0.25, 0.3) is 10.2 Å². The average molecular weight is 416 g/mol. The molecule has 1 aromatic carbocycles. The fourth-order valence-corrected chi connectivity index (χ4v) is 4.58. The first-order valence-electron chi connectivity index (χ1n) is 9.63. The molecule has 0 spiro atoms. The van der Waals surface area contributed by atoms with Gasteiger partial charge in [-0.05, 0) is 49.6 Å². The van der Waals surface area contributed by atoms with Gasteiger partial charge in [-0.2, -0.15) is 0 Å². The highest BCUT2D eigenvalue weighted by molar-refractivity contribution is 7.20. The lowest BCUT2D eigenvalue weighted by atomic mass is 10.2. The van der Waals surface area contributed by atoms with Crippen LogP contribution in [0.15, 0.2) is 29.1 Å². The minimum absolute atomic E-state index is 0.0484. The number of benzene rings is 1. The highest BCUT2D eigenvalue weighted by atomic mass is 32.1. The van der Waals surface area contributed by atoms with E-state index in [9.17, 15) is 14.0 Å². The Labute approximate surface area is 170 Å². The summed E-state index contributed by atoms with van der Waals surface area (Å²) in [6.45, 7) is 2.63. The molecule has 0 fully saturated rings. The summed E-state index contributed by atoms with van der Waals surface area (Å²) < 4.78 is 25.4. The Morgan fingerprint density at radius 3 is 2.79 bits per heavy atom. The van der Waals surface area contributed by atoms with E-state index in [1.165, 1.54) is 35.6 Å². The van der Waals surface area contributed by atoms with E-state index in [2.05, 4.69) is 4.98 Å². The van der Waals surface area contributed by atoms with Gasteiger partial charge in [-0.15, -0.1) is 11.3 Å². The van der Waals surface area contributed by atoms with Crippen LogP contribution < -0.4 is 10.3 Å². The molecule has 3 aromatic rings. The van der Waals surface area contributed by atoms with Gasteiger partial charge in [0.15, 0.2) is 0 Å². The van der Waals surface area contributed by atoms with Gasteiger partial charge in [-0.25, -0.2) is 14.2 Å². The van der Waals surface area contributed by atoms with Crippen molar-refractivity contribution in [3.63, 3.8) is 0 Å². The molecule has 2 aromatic heterocycles. The first-order chi connectivity index (χ1) is 14.0. The van der Waals surface area contributed by atoms with E-state index in [4.69, 9.17) is 9.47 Å². The Bertz CT molecular complexity index is 1100. The van der Waals surface area contributed by atoms with Crippen molar-refractivity contribution in [1.82, 2.24) is 9.55 Å². The van der Waals surface area contributed by atoms with E-state index >= 15 is 0 Å². The molecular formula is C21H21FN2O4S. The van der Waals surface area contributed by atoms with E-state index in [0.29, 0.717) is 33.0 Å². The van der Waals surface area contributed by atoms with Crippen LogP contribution in [0.2, 0.25) is 0 Å². The minimum atomic E-state index is -0.493. The second-order valence-electron chi connectivity index (χ2n) is 6.97. The number of carbonyl (C=O) groups excluding carboxylic acids is 1. The van der Waals surface area contributed by atoms with Gasteiger partial charge in [-0.3, -0.25) is 9.36 Å². The quantitative estimate of drug-likeness (QED) is 0.467. The molecule has 0 N–H and O–H groups in total. The lowest BCUT2D eigenvalue weighted by molar-refractivity contribution is 0.0455. The highest BCUT2D eigenvalue weighted by Crippen LogP contribution is 2.29. The van der Waals surface area contributed by atoms with Crippen molar-refractivity contribution in [2.24, 2.45) is 0 Å². The minimum Gasteiger partial charge on any atom is -0.490 e. The summed E-state index contributed by atoms with van der Waals surface area (Å²) >= 11 is 1.20. The lowest BCUT2D eigenvalue weighted by Crippen LogP contribution is -2.24. The van der Waals surface area contributed by atoms with Crippen LogP contribution in [0.3, 0.4) is 0 Å². The number of thiophene rings is 1. The molecule has 1 aliphatic rings. The summed E-state index contributed by atoms with van der Waals surface area (Å²) in [5, 5.41) is 0.509. The maximum atomic E-state index is 13.0. The number of nitrogens with zero attached hydrogens (tertiary/aromatic N) is 2. The molecule has 8 heteroatoms. The van der Waals surface area contributed by atoms with Gasteiger partial charge >= 0.3 is 5.97 Å². The maximum Gasteiger partial charge on any atom is 0.348 e. The average Bonchev–Trinajstić information content (AvgIpc) is 2.88. The number of carbonyl (C=O) groups is 1. The van der Waals surface area contributed by atoms with Gasteiger partial charge in [-0.1, -0.05) is 6.42 Å². The molecule has 0 saturated heterocycles. The zero-order valence-corrected chi connectivity index (χ0v) is 16.9. The predicted molar refractivity (Wildman–Crippen MR) is 108 cm³/mol. The number of hydrogen-bond acceptors (Lipinski definition) is 6. The van der Waals surface area contributed by atoms with Gasteiger partial charge in [0.25, 0.3) is 5.56 Å². The zero-order valence-electron chi connectivity index (χ0n) is 16.1. The van der Waals surface area contributed by atoms with Gasteiger partial charge < -0.3 is 9.47 Å². The van der Waals surface area contributed by atoms with Crippen LogP contribution in [0.1, 0.15) is 40.3 Å². The van der Waals surface area contributed by atoms with Gasteiger partial charge in [0.1, 0.15) is 40.3 Å².